The van der Waals surface area contributed by atoms with E-state index < -0.39 is 5.97 Å². The molecule has 1 amide bonds. The monoisotopic (exact) mass is 324 g/mol. The minimum absolute atomic E-state index is 0.103. The lowest BCUT2D eigenvalue weighted by molar-refractivity contribution is -0.130. The SMILES string of the molecule is CC(=O)N1CCC[C@H](c2ccc(-c3ccccc3C(=O)O)cn2)C1. The average molecular weight is 324 g/mol. The Balaban J connectivity index is 1.84. The van der Waals surface area contributed by atoms with Gasteiger partial charge in [0.25, 0.3) is 0 Å². The molecule has 2 aromatic rings. The van der Waals surface area contributed by atoms with Crippen LogP contribution in [0.1, 0.15) is 41.7 Å². The summed E-state index contributed by atoms with van der Waals surface area (Å²) in [4.78, 5) is 29.3. The van der Waals surface area contributed by atoms with E-state index in [1.165, 1.54) is 0 Å². The normalized spacial score (nSPS) is 17.5. The van der Waals surface area contributed by atoms with Crippen LogP contribution in [0.3, 0.4) is 0 Å². The van der Waals surface area contributed by atoms with Crippen LogP contribution in [0.4, 0.5) is 0 Å². The first kappa shape index (κ1) is 16.2. The lowest BCUT2D eigenvalue weighted by atomic mass is 9.93. The van der Waals surface area contributed by atoms with Gasteiger partial charge < -0.3 is 10.0 Å². The van der Waals surface area contributed by atoms with Crippen LogP contribution in [-0.4, -0.2) is 40.0 Å². The maximum absolute atomic E-state index is 11.6. The summed E-state index contributed by atoms with van der Waals surface area (Å²) in [6.07, 6.45) is 3.72. The fourth-order valence-electron chi connectivity index (χ4n) is 3.23. The second-order valence-electron chi connectivity index (χ2n) is 6.13. The number of piperidine rings is 1. The minimum atomic E-state index is -0.945. The van der Waals surface area contributed by atoms with Gasteiger partial charge in [0.05, 0.1) is 5.56 Å². The maximum atomic E-state index is 11.6. The molecule has 1 aromatic carbocycles. The summed E-state index contributed by atoms with van der Waals surface area (Å²) in [5.41, 5.74) is 2.68. The molecule has 0 spiro atoms. The number of carboxylic acids is 1. The molecule has 1 aromatic heterocycles. The molecule has 0 radical (unpaired) electrons. The maximum Gasteiger partial charge on any atom is 0.336 e. The molecule has 24 heavy (non-hydrogen) atoms. The molecule has 0 aliphatic carbocycles. The number of aromatic carboxylic acids is 1. The number of hydrogen-bond donors (Lipinski definition) is 1. The zero-order valence-corrected chi connectivity index (χ0v) is 13.6. The summed E-state index contributed by atoms with van der Waals surface area (Å²) in [6, 6.07) is 10.8. The van der Waals surface area contributed by atoms with Crippen molar-refractivity contribution in [3.05, 3.63) is 53.9 Å². The number of hydrogen-bond acceptors (Lipinski definition) is 3. The number of carbonyl (C=O) groups is 2. The van der Waals surface area contributed by atoms with Crippen LogP contribution in [0.5, 0.6) is 0 Å². The molecule has 1 N–H and O–H groups in total. The molecule has 1 saturated heterocycles. The number of pyridine rings is 1. The van der Waals surface area contributed by atoms with Crippen molar-refractivity contribution in [2.75, 3.05) is 13.1 Å². The molecule has 3 rings (SSSR count). The largest absolute Gasteiger partial charge is 0.478 e. The van der Waals surface area contributed by atoms with Gasteiger partial charge in [0.15, 0.2) is 0 Å². The van der Waals surface area contributed by atoms with E-state index in [2.05, 4.69) is 4.98 Å². The summed E-state index contributed by atoms with van der Waals surface area (Å²) in [6.45, 7) is 3.12. The van der Waals surface area contributed by atoms with Gasteiger partial charge in [-0.05, 0) is 30.5 Å². The van der Waals surface area contributed by atoms with Gasteiger partial charge in [-0.15, -0.1) is 0 Å². The Labute approximate surface area is 140 Å². The molecule has 1 aliphatic heterocycles. The lowest BCUT2D eigenvalue weighted by Crippen LogP contribution is -2.37. The zero-order valence-electron chi connectivity index (χ0n) is 13.6. The van der Waals surface area contributed by atoms with Crippen molar-refractivity contribution in [3.8, 4) is 11.1 Å². The Morgan fingerprint density at radius 3 is 2.67 bits per heavy atom. The van der Waals surface area contributed by atoms with Crippen molar-refractivity contribution in [1.82, 2.24) is 9.88 Å². The van der Waals surface area contributed by atoms with Crippen molar-refractivity contribution >= 4 is 11.9 Å². The Morgan fingerprint density at radius 1 is 1.21 bits per heavy atom. The quantitative estimate of drug-likeness (QED) is 0.941. The molecular weight excluding hydrogens is 304 g/mol. The first-order valence-electron chi connectivity index (χ1n) is 8.10. The molecule has 1 aliphatic rings. The molecule has 1 fully saturated rings. The van der Waals surface area contributed by atoms with Gasteiger partial charge in [0.1, 0.15) is 0 Å². The molecule has 1 atom stereocenters. The highest BCUT2D eigenvalue weighted by atomic mass is 16.4. The average Bonchev–Trinajstić information content (AvgIpc) is 2.62. The van der Waals surface area contributed by atoms with E-state index in [0.29, 0.717) is 12.1 Å². The molecule has 0 bridgehead atoms. The van der Waals surface area contributed by atoms with Crippen molar-refractivity contribution in [3.63, 3.8) is 0 Å². The van der Waals surface area contributed by atoms with Crippen LogP contribution in [0.15, 0.2) is 42.6 Å². The van der Waals surface area contributed by atoms with Crippen LogP contribution in [0, 0.1) is 0 Å². The molecule has 2 heterocycles. The molecular formula is C19H20N2O3. The van der Waals surface area contributed by atoms with E-state index in [4.69, 9.17) is 0 Å². The number of amides is 1. The van der Waals surface area contributed by atoms with E-state index in [-0.39, 0.29) is 17.4 Å². The number of likely N-dealkylation sites (tertiary alicyclic amines) is 1. The Kier molecular flexibility index (Phi) is 4.60. The summed E-state index contributed by atoms with van der Waals surface area (Å²) in [5, 5.41) is 9.31. The topological polar surface area (TPSA) is 70.5 Å². The zero-order chi connectivity index (χ0) is 17.1. The van der Waals surface area contributed by atoms with E-state index >= 15 is 0 Å². The van der Waals surface area contributed by atoms with Gasteiger partial charge in [-0.3, -0.25) is 9.78 Å². The van der Waals surface area contributed by atoms with Crippen LogP contribution >= 0.6 is 0 Å². The van der Waals surface area contributed by atoms with Gasteiger partial charge in [-0.25, -0.2) is 4.79 Å². The first-order chi connectivity index (χ1) is 11.6. The highest BCUT2D eigenvalue weighted by Crippen LogP contribution is 2.28. The van der Waals surface area contributed by atoms with Crippen LogP contribution < -0.4 is 0 Å². The predicted molar refractivity (Wildman–Crippen MR) is 90.9 cm³/mol. The second kappa shape index (κ2) is 6.83. The molecule has 0 saturated carbocycles. The minimum Gasteiger partial charge on any atom is -0.478 e. The lowest BCUT2D eigenvalue weighted by Gasteiger charge is -2.31. The van der Waals surface area contributed by atoms with E-state index in [9.17, 15) is 14.7 Å². The summed E-state index contributed by atoms with van der Waals surface area (Å²) in [5.74, 6) is -0.600. The number of benzene rings is 1. The molecule has 124 valence electrons. The van der Waals surface area contributed by atoms with Gasteiger partial charge >= 0.3 is 5.97 Å². The Bertz CT molecular complexity index is 755. The summed E-state index contributed by atoms with van der Waals surface area (Å²) in [7, 11) is 0. The fourth-order valence-corrected chi connectivity index (χ4v) is 3.23. The van der Waals surface area contributed by atoms with Gasteiger partial charge in [-0.1, -0.05) is 24.3 Å². The molecule has 5 nitrogen and oxygen atoms in total. The third-order valence-corrected chi connectivity index (χ3v) is 4.54. The van der Waals surface area contributed by atoms with Gasteiger partial charge in [-0.2, -0.15) is 0 Å². The highest BCUT2D eigenvalue weighted by Gasteiger charge is 2.23. The number of carbonyl (C=O) groups excluding carboxylic acids is 1. The van der Waals surface area contributed by atoms with Crippen LogP contribution in [-0.2, 0) is 4.79 Å². The van der Waals surface area contributed by atoms with E-state index in [0.717, 1.165) is 30.6 Å². The van der Waals surface area contributed by atoms with Crippen LogP contribution in [0.2, 0.25) is 0 Å². The standard InChI is InChI=1S/C19H20N2O3/c1-13(22)21-10-4-5-15(12-21)18-9-8-14(11-20-18)16-6-2-3-7-17(16)19(23)24/h2-3,6-9,11,15H,4-5,10,12H2,1H3,(H,23,24)/t15-/m0/s1. The van der Waals surface area contributed by atoms with Gasteiger partial charge in [0.2, 0.25) is 5.91 Å². The summed E-state index contributed by atoms with van der Waals surface area (Å²) >= 11 is 0. The fraction of sp³-hybridized carbons (Fsp3) is 0.316. The predicted octanol–water partition coefficient (Wildman–Crippen LogP) is 3.17. The molecule has 5 heteroatoms. The van der Waals surface area contributed by atoms with Crippen molar-refractivity contribution < 1.29 is 14.7 Å². The highest BCUT2D eigenvalue weighted by molar-refractivity contribution is 5.95. The third-order valence-electron chi connectivity index (χ3n) is 4.54. The van der Waals surface area contributed by atoms with Crippen molar-refractivity contribution in [1.29, 1.82) is 0 Å². The van der Waals surface area contributed by atoms with E-state index in [1.54, 1.807) is 31.3 Å². The third kappa shape index (κ3) is 3.30. The first-order valence-corrected chi connectivity index (χ1v) is 8.10. The van der Waals surface area contributed by atoms with Crippen molar-refractivity contribution in [2.24, 2.45) is 0 Å². The Morgan fingerprint density at radius 2 is 2.00 bits per heavy atom. The number of aromatic nitrogens is 1. The van der Waals surface area contributed by atoms with Crippen molar-refractivity contribution in [2.45, 2.75) is 25.7 Å². The summed E-state index contributed by atoms with van der Waals surface area (Å²) < 4.78 is 0. The number of rotatable bonds is 3. The van der Waals surface area contributed by atoms with Crippen LogP contribution in [0.25, 0.3) is 11.1 Å². The number of carboxylic acid groups (broad SMARTS) is 1. The van der Waals surface area contributed by atoms with E-state index in [1.807, 2.05) is 23.1 Å². The van der Waals surface area contributed by atoms with Gasteiger partial charge in [0, 0.05) is 43.4 Å². The second-order valence-corrected chi connectivity index (χ2v) is 6.13. The Hall–Kier alpha value is -2.69. The number of nitrogens with zero attached hydrogens (tertiary/aromatic N) is 2. The molecule has 0 unspecified atom stereocenters. The smallest absolute Gasteiger partial charge is 0.336 e.